The number of furan rings is 1. The largest absolute Gasteiger partial charge is 0.508 e. The number of benzene rings is 2. The van der Waals surface area contributed by atoms with Crippen LogP contribution in [-0.4, -0.2) is 29.0 Å². The number of nitrogens with zero attached hydrogens (tertiary/aromatic N) is 2. The Morgan fingerprint density at radius 1 is 1.04 bits per heavy atom. The molecule has 5 heteroatoms. The van der Waals surface area contributed by atoms with Gasteiger partial charge in [0.05, 0.1) is 19.4 Å². The molecule has 4 rings (SSSR count). The molecule has 1 aromatic heterocycles. The number of phenols is 1. The summed E-state index contributed by atoms with van der Waals surface area (Å²) in [4.78, 5) is 17.1. The molecule has 28 heavy (non-hydrogen) atoms. The Morgan fingerprint density at radius 3 is 2.68 bits per heavy atom. The Labute approximate surface area is 164 Å². The van der Waals surface area contributed by atoms with Gasteiger partial charge in [-0.15, -0.1) is 0 Å². The summed E-state index contributed by atoms with van der Waals surface area (Å²) in [6.45, 7) is 1.96. The minimum Gasteiger partial charge on any atom is -0.508 e. The second-order valence-corrected chi connectivity index (χ2v) is 7.13. The van der Waals surface area contributed by atoms with Crippen molar-refractivity contribution in [1.82, 2.24) is 4.90 Å². The summed E-state index contributed by atoms with van der Waals surface area (Å²) >= 11 is 0. The molecule has 0 atom stereocenters. The number of phenolic OH excluding ortho intramolecular Hbond substituents is 1. The maximum atomic E-state index is 13.2. The van der Waals surface area contributed by atoms with E-state index in [1.807, 2.05) is 52.3 Å². The number of fused-ring (bicyclic) bond motifs is 1. The number of aryl methyl sites for hydroxylation is 1. The first-order chi connectivity index (χ1) is 13.7. The van der Waals surface area contributed by atoms with Gasteiger partial charge in [0.2, 0.25) is 5.91 Å². The number of hydrogen-bond donors (Lipinski definition) is 1. The second kappa shape index (κ2) is 8.31. The fourth-order valence-corrected chi connectivity index (χ4v) is 3.75. The van der Waals surface area contributed by atoms with E-state index in [0.29, 0.717) is 13.1 Å². The summed E-state index contributed by atoms with van der Waals surface area (Å²) in [7, 11) is 0. The standard InChI is InChI=1S/C23H24N2O3/c26-22-12-4-2-8-19(22)15-24(16-20-10-6-14-28-20)17-23(27)25-13-5-9-18-7-1-3-11-21(18)25/h1-4,6-8,10-12,14,26H,5,9,13,15-17H2. The quantitative estimate of drug-likeness (QED) is 0.707. The Hall–Kier alpha value is -3.05. The molecule has 1 aliphatic heterocycles. The minimum atomic E-state index is 0.0640. The highest BCUT2D eigenvalue weighted by molar-refractivity contribution is 5.95. The van der Waals surface area contributed by atoms with Crippen LogP contribution in [-0.2, 0) is 24.3 Å². The molecule has 1 aliphatic rings. The third-order valence-corrected chi connectivity index (χ3v) is 5.12. The fraction of sp³-hybridized carbons (Fsp3) is 0.261. The molecule has 2 heterocycles. The van der Waals surface area contributed by atoms with Crippen LogP contribution in [0.15, 0.2) is 71.3 Å². The summed E-state index contributed by atoms with van der Waals surface area (Å²) in [5, 5.41) is 10.2. The number of carbonyl (C=O) groups excluding carboxylic acids is 1. The molecule has 0 aliphatic carbocycles. The van der Waals surface area contributed by atoms with Gasteiger partial charge in [-0.1, -0.05) is 36.4 Å². The smallest absolute Gasteiger partial charge is 0.241 e. The monoisotopic (exact) mass is 376 g/mol. The maximum Gasteiger partial charge on any atom is 0.241 e. The lowest BCUT2D eigenvalue weighted by molar-refractivity contribution is -0.120. The first kappa shape index (κ1) is 18.3. The minimum absolute atomic E-state index is 0.0640. The van der Waals surface area contributed by atoms with Gasteiger partial charge < -0.3 is 14.4 Å². The third-order valence-electron chi connectivity index (χ3n) is 5.12. The predicted octanol–water partition coefficient (Wildman–Crippen LogP) is 3.97. The highest BCUT2D eigenvalue weighted by Gasteiger charge is 2.24. The van der Waals surface area contributed by atoms with Crippen LogP contribution in [0.1, 0.15) is 23.3 Å². The molecular formula is C23H24N2O3. The highest BCUT2D eigenvalue weighted by Crippen LogP contribution is 2.27. The summed E-state index contributed by atoms with van der Waals surface area (Å²) in [5.41, 5.74) is 3.03. The first-order valence-electron chi connectivity index (χ1n) is 9.60. The van der Waals surface area contributed by atoms with E-state index < -0.39 is 0 Å². The van der Waals surface area contributed by atoms with Crippen molar-refractivity contribution in [3.8, 4) is 5.75 Å². The summed E-state index contributed by atoms with van der Waals surface area (Å²) in [5.74, 6) is 1.10. The van der Waals surface area contributed by atoms with Gasteiger partial charge in [0.15, 0.2) is 0 Å². The van der Waals surface area contributed by atoms with Crippen molar-refractivity contribution in [2.24, 2.45) is 0 Å². The van der Waals surface area contributed by atoms with Crippen LogP contribution in [0.4, 0.5) is 5.69 Å². The molecule has 0 bridgehead atoms. The Morgan fingerprint density at radius 2 is 1.86 bits per heavy atom. The highest BCUT2D eigenvalue weighted by atomic mass is 16.3. The van der Waals surface area contributed by atoms with Crippen molar-refractivity contribution < 1.29 is 14.3 Å². The van der Waals surface area contributed by atoms with Crippen molar-refractivity contribution in [3.63, 3.8) is 0 Å². The zero-order chi connectivity index (χ0) is 19.3. The molecule has 5 nitrogen and oxygen atoms in total. The van der Waals surface area contributed by atoms with Crippen LogP contribution < -0.4 is 4.90 Å². The van der Waals surface area contributed by atoms with Crippen molar-refractivity contribution in [2.75, 3.05) is 18.0 Å². The van der Waals surface area contributed by atoms with Gasteiger partial charge in [-0.2, -0.15) is 0 Å². The van der Waals surface area contributed by atoms with E-state index in [2.05, 4.69) is 6.07 Å². The number of rotatable bonds is 6. The summed E-state index contributed by atoms with van der Waals surface area (Å²) in [6, 6.07) is 19.1. The molecule has 0 unspecified atom stereocenters. The normalized spacial score (nSPS) is 13.5. The lowest BCUT2D eigenvalue weighted by Gasteiger charge is -2.31. The fourth-order valence-electron chi connectivity index (χ4n) is 3.75. The van der Waals surface area contributed by atoms with Gasteiger partial charge in [-0.25, -0.2) is 0 Å². The Balaban J connectivity index is 1.53. The first-order valence-corrected chi connectivity index (χ1v) is 9.60. The van der Waals surface area contributed by atoms with Crippen LogP contribution in [0.5, 0.6) is 5.75 Å². The molecule has 0 radical (unpaired) electrons. The van der Waals surface area contributed by atoms with E-state index in [4.69, 9.17) is 4.42 Å². The third kappa shape index (κ3) is 4.10. The number of para-hydroxylation sites is 2. The molecule has 144 valence electrons. The van der Waals surface area contributed by atoms with Gasteiger partial charge in [0, 0.05) is 24.3 Å². The Bertz CT molecular complexity index is 937. The molecule has 3 aromatic rings. The molecule has 1 amide bonds. The number of aromatic hydroxyl groups is 1. The average Bonchev–Trinajstić information content (AvgIpc) is 3.22. The van der Waals surface area contributed by atoms with Crippen molar-refractivity contribution >= 4 is 11.6 Å². The summed E-state index contributed by atoms with van der Waals surface area (Å²) < 4.78 is 5.49. The van der Waals surface area contributed by atoms with E-state index in [1.54, 1.807) is 18.4 Å². The average molecular weight is 376 g/mol. The molecule has 0 saturated heterocycles. The number of carbonyl (C=O) groups is 1. The lowest BCUT2D eigenvalue weighted by Crippen LogP contribution is -2.42. The predicted molar refractivity (Wildman–Crippen MR) is 108 cm³/mol. The zero-order valence-corrected chi connectivity index (χ0v) is 15.8. The van der Waals surface area contributed by atoms with E-state index in [1.165, 1.54) is 5.56 Å². The van der Waals surface area contributed by atoms with Crippen LogP contribution >= 0.6 is 0 Å². The van der Waals surface area contributed by atoms with Gasteiger partial charge >= 0.3 is 0 Å². The molecule has 0 saturated carbocycles. The number of hydrogen-bond acceptors (Lipinski definition) is 4. The van der Waals surface area contributed by atoms with Crippen molar-refractivity contribution in [3.05, 3.63) is 83.8 Å². The molecule has 1 N–H and O–H groups in total. The number of anilines is 1. The second-order valence-electron chi connectivity index (χ2n) is 7.13. The van der Waals surface area contributed by atoms with E-state index >= 15 is 0 Å². The van der Waals surface area contributed by atoms with Crippen LogP contribution in [0, 0.1) is 0 Å². The van der Waals surface area contributed by atoms with E-state index in [-0.39, 0.29) is 18.2 Å². The van der Waals surface area contributed by atoms with E-state index in [9.17, 15) is 9.90 Å². The van der Waals surface area contributed by atoms with Gasteiger partial charge in [-0.3, -0.25) is 9.69 Å². The topological polar surface area (TPSA) is 56.9 Å². The Kier molecular flexibility index (Phi) is 5.44. The van der Waals surface area contributed by atoms with Crippen LogP contribution in [0.25, 0.3) is 0 Å². The molecule has 0 spiro atoms. The van der Waals surface area contributed by atoms with Crippen LogP contribution in [0.2, 0.25) is 0 Å². The maximum absolute atomic E-state index is 13.2. The summed E-state index contributed by atoms with van der Waals surface area (Å²) in [6.07, 6.45) is 3.62. The lowest BCUT2D eigenvalue weighted by atomic mass is 10.0. The van der Waals surface area contributed by atoms with Crippen LogP contribution in [0.3, 0.4) is 0 Å². The molecule has 0 fully saturated rings. The number of amides is 1. The SMILES string of the molecule is O=C(CN(Cc1ccco1)Cc1ccccc1O)N1CCCc2ccccc21. The zero-order valence-electron chi connectivity index (χ0n) is 15.8. The van der Waals surface area contributed by atoms with Gasteiger partial charge in [-0.05, 0) is 42.7 Å². The van der Waals surface area contributed by atoms with Gasteiger partial charge in [0.1, 0.15) is 11.5 Å². The van der Waals surface area contributed by atoms with Crippen molar-refractivity contribution in [1.29, 1.82) is 0 Å². The molecule has 2 aromatic carbocycles. The molecular weight excluding hydrogens is 352 g/mol. The van der Waals surface area contributed by atoms with E-state index in [0.717, 1.165) is 36.4 Å². The van der Waals surface area contributed by atoms with Gasteiger partial charge in [0.25, 0.3) is 0 Å². The van der Waals surface area contributed by atoms with Crippen molar-refractivity contribution in [2.45, 2.75) is 25.9 Å².